The summed E-state index contributed by atoms with van der Waals surface area (Å²) in [6.45, 7) is 7.38. The Morgan fingerprint density at radius 3 is 2.66 bits per heavy atom. The first-order chi connectivity index (χ1) is 15.2. The Balaban J connectivity index is 1.39. The molecule has 8 heteroatoms. The standard InChI is InChI=1S/C24H30O8/c1-14-9-10-19-22(3,13-27-20(26)16-7-5-6-8-18(16)28-15(2)25)29-21-24(19)17(14)11-12-23(4,30-21)31-32-24/h5-8,14,17,19,21H,9-13H2,1-4H3/t14-,17+,19+,21-,22?,23+,24-/m1/s1. The van der Waals surface area contributed by atoms with Crippen LogP contribution < -0.4 is 4.74 Å². The number of benzene rings is 1. The maximum atomic E-state index is 12.9. The molecule has 1 aromatic carbocycles. The van der Waals surface area contributed by atoms with Crippen molar-refractivity contribution >= 4 is 11.9 Å². The fraction of sp³-hybridized carbons (Fsp3) is 0.667. The summed E-state index contributed by atoms with van der Waals surface area (Å²) in [6, 6.07) is 6.52. The smallest absolute Gasteiger partial charge is 0.342 e. The lowest BCUT2D eigenvalue weighted by Crippen LogP contribution is -2.62. The van der Waals surface area contributed by atoms with Gasteiger partial charge in [0.1, 0.15) is 23.5 Å². The Bertz CT molecular complexity index is 932. The zero-order valence-corrected chi connectivity index (χ0v) is 18.9. The Kier molecular flexibility index (Phi) is 5.13. The molecule has 174 valence electrons. The molecule has 6 rings (SSSR count). The summed E-state index contributed by atoms with van der Waals surface area (Å²) in [6.07, 6.45) is 2.98. The number of carbonyl (C=O) groups excluding carboxylic acids is 2. The summed E-state index contributed by atoms with van der Waals surface area (Å²) in [5.74, 6) is -1.13. The molecule has 7 atom stereocenters. The van der Waals surface area contributed by atoms with E-state index in [0.29, 0.717) is 5.92 Å². The number of ether oxygens (including phenoxy) is 4. The predicted molar refractivity (Wildman–Crippen MR) is 110 cm³/mol. The fourth-order valence-electron chi connectivity index (χ4n) is 6.11. The van der Waals surface area contributed by atoms with Gasteiger partial charge in [-0.05, 0) is 57.1 Å². The molecule has 0 radical (unpaired) electrons. The molecule has 1 aliphatic carbocycles. The Hall–Kier alpha value is -2.00. The van der Waals surface area contributed by atoms with E-state index in [1.165, 1.54) is 6.92 Å². The van der Waals surface area contributed by atoms with Gasteiger partial charge in [-0.15, -0.1) is 0 Å². The van der Waals surface area contributed by atoms with E-state index in [1.807, 2.05) is 13.8 Å². The highest BCUT2D eigenvalue weighted by molar-refractivity contribution is 5.93. The summed E-state index contributed by atoms with van der Waals surface area (Å²) in [5, 5.41) is 0. The zero-order valence-electron chi connectivity index (χ0n) is 18.9. The third-order valence-corrected chi connectivity index (χ3v) is 7.68. The highest BCUT2D eigenvalue weighted by Gasteiger charge is 2.74. The molecule has 1 aromatic rings. The maximum Gasteiger partial charge on any atom is 0.342 e. The number of carbonyl (C=O) groups is 2. The molecule has 32 heavy (non-hydrogen) atoms. The molecule has 4 saturated heterocycles. The molecule has 1 spiro atoms. The summed E-state index contributed by atoms with van der Waals surface area (Å²) in [5.41, 5.74) is -1.33. The van der Waals surface area contributed by atoms with Crippen LogP contribution in [-0.4, -0.2) is 41.8 Å². The average Bonchev–Trinajstić information content (AvgIpc) is 2.83. The van der Waals surface area contributed by atoms with Gasteiger partial charge in [0.05, 0.1) is 0 Å². The highest BCUT2D eigenvalue weighted by atomic mass is 17.3. The van der Waals surface area contributed by atoms with Crippen LogP contribution in [0.1, 0.15) is 63.7 Å². The van der Waals surface area contributed by atoms with Crippen molar-refractivity contribution in [1.29, 1.82) is 0 Å². The Morgan fingerprint density at radius 1 is 1.09 bits per heavy atom. The van der Waals surface area contributed by atoms with Crippen molar-refractivity contribution in [2.45, 2.75) is 76.7 Å². The molecule has 4 aliphatic heterocycles. The molecule has 5 fully saturated rings. The van der Waals surface area contributed by atoms with Crippen molar-refractivity contribution in [3.05, 3.63) is 29.8 Å². The van der Waals surface area contributed by atoms with Gasteiger partial charge < -0.3 is 18.9 Å². The summed E-state index contributed by atoms with van der Waals surface area (Å²) >= 11 is 0. The molecule has 0 amide bonds. The number of rotatable bonds is 4. The van der Waals surface area contributed by atoms with Gasteiger partial charge in [-0.1, -0.05) is 19.1 Å². The average molecular weight is 446 g/mol. The monoisotopic (exact) mass is 446 g/mol. The molecule has 1 unspecified atom stereocenters. The van der Waals surface area contributed by atoms with Gasteiger partial charge in [0.15, 0.2) is 11.9 Å². The van der Waals surface area contributed by atoms with E-state index >= 15 is 0 Å². The Labute approximate surface area is 187 Å². The maximum absolute atomic E-state index is 12.9. The van der Waals surface area contributed by atoms with Gasteiger partial charge in [-0.25, -0.2) is 14.6 Å². The van der Waals surface area contributed by atoms with Crippen molar-refractivity contribution < 1.29 is 38.3 Å². The first kappa shape index (κ1) is 21.8. The first-order valence-corrected chi connectivity index (χ1v) is 11.3. The fourth-order valence-corrected chi connectivity index (χ4v) is 6.11. The van der Waals surface area contributed by atoms with Gasteiger partial charge in [-0.2, -0.15) is 0 Å². The van der Waals surface area contributed by atoms with Crippen molar-refractivity contribution in [2.75, 3.05) is 6.61 Å². The van der Waals surface area contributed by atoms with Gasteiger partial charge in [0.2, 0.25) is 5.79 Å². The van der Waals surface area contributed by atoms with Crippen LogP contribution in [0.15, 0.2) is 24.3 Å². The first-order valence-electron chi connectivity index (χ1n) is 11.3. The van der Waals surface area contributed by atoms with Gasteiger partial charge in [-0.3, -0.25) is 4.79 Å². The zero-order chi connectivity index (χ0) is 22.7. The second-order valence-electron chi connectivity index (χ2n) is 9.95. The van der Waals surface area contributed by atoms with Gasteiger partial charge in [0, 0.05) is 19.3 Å². The lowest BCUT2D eigenvalue weighted by atomic mass is 9.60. The molecule has 5 aliphatic rings. The van der Waals surface area contributed by atoms with E-state index in [1.54, 1.807) is 24.3 Å². The third kappa shape index (κ3) is 3.27. The van der Waals surface area contributed by atoms with Crippen molar-refractivity contribution in [3.8, 4) is 5.75 Å². The normalized spacial score (nSPS) is 42.1. The molecule has 1 saturated carbocycles. The van der Waals surface area contributed by atoms with Crippen LogP contribution in [0.3, 0.4) is 0 Å². The molecule has 2 bridgehead atoms. The third-order valence-electron chi connectivity index (χ3n) is 7.68. The number of hydrogen-bond acceptors (Lipinski definition) is 8. The van der Waals surface area contributed by atoms with Gasteiger partial charge in [0.25, 0.3) is 0 Å². The second kappa shape index (κ2) is 7.52. The molecule has 4 heterocycles. The van der Waals surface area contributed by atoms with Crippen molar-refractivity contribution in [1.82, 2.24) is 0 Å². The van der Waals surface area contributed by atoms with Gasteiger partial charge >= 0.3 is 11.9 Å². The topological polar surface area (TPSA) is 89.5 Å². The molecule has 0 N–H and O–H groups in total. The number of hydrogen-bond donors (Lipinski definition) is 0. The summed E-state index contributed by atoms with van der Waals surface area (Å²) < 4.78 is 23.6. The molecular formula is C24H30O8. The van der Waals surface area contributed by atoms with Crippen LogP contribution in [-0.2, 0) is 28.8 Å². The van der Waals surface area contributed by atoms with E-state index in [4.69, 9.17) is 28.7 Å². The number of esters is 2. The minimum atomic E-state index is -0.845. The van der Waals surface area contributed by atoms with Crippen LogP contribution >= 0.6 is 0 Å². The minimum absolute atomic E-state index is 0.0215. The molecular weight excluding hydrogens is 416 g/mol. The van der Waals surface area contributed by atoms with E-state index in [-0.39, 0.29) is 29.8 Å². The number of fused-ring (bicyclic) bond motifs is 2. The van der Waals surface area contributed by atoms with Crippen molar-refractivity contribution in [3.63, 3.8) is 0 Å². The van der Waals surface area contributed by atoms with Crippen LogP contribution in [0, 0.1) is 17.8 Å². The largest absolute Gasteiger partial charge is 0.459 e. The van der Waals surface area contributed by atoms with Crippen LogP contribution in [0.5, 0.6) is 5.75 Å². The lowest BCUT2D eigenvalue weighted by Gasteiger charge is -2.50. The SMILES string of the molecule is CC(=O)Oc1ccccc1C(=O)OCC1(C)O[C@@H]2O[C@]3(C)CC[C@H]4[C@H](C)CC[C@@H]1[C@@]24OO3. The number of para-hydroxylation sites is 1. The van der Waals surface area contributed by atoms with Crippen molar-refractivity contribution in [2.24, 2.45) is 17.8 Å². The van der Waals surface area contributed by atoms with E-state index in [9.17, 15) is 9.59 Å². The van der Waals surface area contributed by atoms with Crippen LogP contribution in [0.4, 0.5) is 0 Å². The predicted octanol–water partition coefficient (Wildman–Crippen LogP) is 3.77. The van der Waals surface area contributed by atoms with E-state index in [2.05, 4.69) is 6.92 Å². The van der Waals surface area contributed by atoms with Crippen LogP contribution in [0.25, 0.3) is 0 Å². The highest BCUT2D eigenvalue weighted by Crippen LogP contribution is 2.63. The quantitative estimate of drug-likeness (QED) is 0.392. The second-order valence-corrected chi connectivity index (χ2v) is 9.95. The van der Waals surface area contributed by atoms with Crippen LogP contribution in [0.2, 0.25) is 0 Å². The molecule has 0 aromatic heterocycles. The van der Waals surface area contributed by atoms with E-state index < -0.39 is 35.2 Å². The minimum Gasteiger partial charge on any atom is -0.459 e. The van der Waals surface area contributed by atoms with E-state index in [0.717, 1.165) is 25.7 Å². The summed E-state index contributed by atoms with van der Waals surface area (Å²) in [4.78, 5) is 36.2. The lowest BCUT2D eigenvalue weighted by molar-refractivity contribution is -0.541. The molecule has 8 nitrogen and oxygen atoms in total. The Morgan fingerprint density at radius 2 is 1.88 bits per heavy atom. The summed E-state index contributed by atoms with van der Waals surface area (Å²) in [7, 11) is 0.